The number of rotatable bonds is 4. The third-order valence-electron chi connectivity index (χ3n) is 3.43. The van der Waals surface area contributed by atoms with Crippen molar-refractivity contribution in [3.05, 3.63) is 90.0 Å². The van der Waals surface area contributed by atoms with Crippen LogP contribution in [0.25, 0.3) is 0 Å². The first-order valence-electron chi connectivity index (χ1n) is 7.51. The molecule has 0 aliphatic rings. The zero-order valence-electron chi connectivity index (χ0n) is 12.9. The molecule has 0 saturated carbocycles. The van der Waals surface area contributed by atoms with Gasteiger partial charge in [-0.05, 0) is 42.5 Å². The molecule has 0 aliphatic carbocycles. The number of hydrogen-bond donors (Lipinski definition) is 2. The van der Waals surface area contributed by atoms with Crippen molar-refractivity contribution in [1.82, 2.24) is 0 Å². The fraction of sp³-hybridized carbons (Fsp3) is 0. The number of nitrogens with zero attached hydrogens (tertiary/aromatic N) is 1. The molecule has 0 atom stereocenters. The number of benzene rings is 3. The Kier molecular flexibility index (Phi) is 4.68. The van der Waals surface area contributed by atoms with Crippen LogP contribution < -0.4 is 5.32 Å². The van der Waals surface area contributed by atoms with Gasteiger partial charge in [0.15, 0.2) is 0 Å². The zero-order chi connectivity index (χ0) is 16.8. The average Bonchev–Trinajstić information content (AvgIpc) is 2.62. The molecule has 0 aliphatic heterocycles. The Balaban J connectivity index is 1.75. The van der Waals surface area contributed by atoms with Gasteiger partial charge in [-0.15, -0.1) is 0 Å². The molecular formula is C20H16N2O2. The molecule has 4 nitrogen and oxygen atoms in total. The van der Waals surface area contributed by atoms with Crippen LogP contribution in [0.1, 0.15) is 15.9 Å². The standard InChI is InChI=1S/C20H16N2O2/c23-19-12-5-4-9-16(19)14-21-17-10-6-11-18(13-17)22-20(24)15-7-2-1-3-8-15/h1-14,23H,(H,22,24). The zero-order valence-corrected chi connectivity index (χ0v) is 12.9. The normalized spacial score (nSPS) is 10.7. The summed E-state index contributed by atoms with van der Waals surface area (Å²) >= 11 is 0. The largest absolute Gasteiger partial charge is 0.507 e. The molecule has 0 bridgehead atoms. The lowest BCUT2D eigenvalue weighted by Gasteiger charge is -2.06. The number of phenols is 1. The Morgan fingerprint density at radius 2 is 1.67 bits per heavy atom. The predicted molar refractivity (Wildman–Crippen MR) is 96.2 cm³/mol. The molecule has 3 aromatic carbocycles. The molecule has 0 saturated heterocycles. The minimum absolute atomic E-state index is 0.169. The van der Waals surface area contributed by atoms with Crippen LogP contribution in [0.4, 0.5) is 11.4 Å². The van der Waals surface area contributed by atoms with Gasteiger partial charge in [0, 0.05) is 23.0 Å². The number of anilines is 1. The van der Waals surface area contributed by atoms with Gasteiger partial charge in [0.05, 0.1) is 5.69 Å². The van der Waals surface area contributed by atoms with Gasteiger partial charge in [0.1, 0.15) is 5.75 Å². The van der Waals surface area contributed by atoms with Gasteiger partial charge < -0.3 is 10.4 Å². The second kappa shape index (κ2) is 7.24. The fourth-order valence-electron chi connectivity index (χ4n) is 2.20. The summed E-state index contributed by atoms with van der Waals surface area (Å²) in [7, 11) is 0. The summed E-state index contributed by atoms with van der Waals surface area (Å²) in [6.45, 7) is 0. The van der Waals surface area contributed by atoms with Crippen LogP contribution in [-0.4, -0.2) is 17.2 Å². The number of aliphatic imine (C=N–C) groups is 1. The fourth-order valence-corrected chi connectivity index (χ4v) is 2.20. The highest BCUT2D eigenvalue weighted by Gasteiger charge is 2.05. The van der Waals surface area contributed by atoms with Crippen molar-refractivity contribution in [3.63, 3.8) is 0 Å². The van der Waals surface area contributed by atoms with Gasteiger partial charge in [-0.25, -0.2) is 0 Å². The summed E-state index contributed by atoms with van der Waals surface area (Å²) in [5.74, 6) is 0.00668. The molecule has 0 unspecified atom stereocenters. The molecule has 0 spiro atoms. The lowest BCUT2D eigenvalue weighted by atomic mass is 10.2. The number of para-hydroxylation sites is 1. The van der Waals surface area contributed by atoms with Crippen LogP contribution in [-0.2, 0) is 0 Å². The quantitative estimate of drug-likeness (QED) is 0.701. The Bertz CT molecular complexity index is 874. The minimum atomic E-state index is -0.169. The first-order valence-corrected chi connectivity index (χ1v) is 7.51. The lowest BCUT2D eigenvalue weighted by molar-refractivity contribution is 0.102. The van der Waals surface area contributed by atoms with Crippen LogP contribution >= 0.6 is 0 Å². The van der Waals surface area contributed by atoms with Crippen LogP contribution in [0.3, 0.4) is 0 Å². The third kappa shape index (κ3) is 3.87. The van der Waals surface area contributed by atoms with Crippen molar-refractivity contribution in [3.8, 4) is 5.75 Å². The molecule has 4 heteroatoms. The van der Waals surface area contributed by atoms with E-state index < -0.39 is 0 Å². The predicted octanol–water partition coefficient (Wildman–Crippen LogP) is 4.40. The van der Waals surface area contributed by atoms with Crippen molar-refractivity contribution >= 4 is 23.5 Å². The number of nitrogens with one attached hydrogen (secondary N) is 1. The Labute approximate surface area is 140 Å². The van der Waals surface area contributed by atoms with Crippen molar-refractivity contribution in [2.75, 3.05) is 5.32 Å². The Morgan fingerprint density at radius 1 is 0.917 bits per heavy atom. The van der Waals surface area contributed by atoms with E-state index in [-0.39, 0.29) is 11.7 Å². The molecule has 3 rings (SSSR count). The van der Waals surface area contributed by atoms with E-state index >= 15 is 0 Å². The van der Waals surface area contributed by atoms with E-state index in [0.29, 0.717) is 22.5 Å². The van der Waals surface area contributed by atoms with E-state index in [9.17, 15) is 9.90 Å². The third-order valence-corrected chi connectivity index (χ3v) is 3.43. The number of carbonyl (C=O) groups excluding carboxylic acids is 1. The lowest BCUT2D eigenvalue weighted by Crippen LogP contribution is -2.11. The highest BCUT2D eigenvalue weighted by atomic mass is 16.3. The second-order valence-electron chi connectivity index (χ2n) is 5.19. The topological polar surface area (TPSA) is 61.7 Å². The molecule has 0 heterocycles. The van der Waals surface area contributed by atoms with E-state index in [1.807, 2.05) is 36.4 Å². The molecular weight excluding hydrogens is 300 g/mol. The summed E-state index contributed by atoms with van der Waals surface area (Å²) in [6, 6.07) is 23.2. The SMILES string of the molecule is O=C(Nc1cccc(N=Cc2ccccc2O)c1)c1ccccc1. The van der Waals surface area contributed by atoms with Gasteiger partial charge in [-0.2, -0.15) is 0 Å². The van der Waals surface area contributed by atoms with E-state index in [1.165, 1.54) is 0 Å². The molecule has 3 aromatic rings. The summed E-state index contributed by atoms with van der Waals surface area (Å²) in [4.78, 5) is 16.5. The minimum Gasteiger partial charge on any atom is -0.507 e. The average molecular weight is 316 g/mol. The number of amides is 1. The van der Waals surface area contributed by atoms with E-state index in [2.05, 4.69) is 10.3 Å². The maximum atomic E-state index is 12.2. The van der Waals surface area contributed by atoms with Crippen LogP contribution in [0.2, 0.25) is 0 Å². The monoisotopic (exact) mass is 316 g/mol. The number of carbonyl (C=O) groups is 1. The van der Waals surface area contributed by atoms with Gasteiger partial charge in [-0.3, -0.25) is 9.79 Å². The highest BCUT2D eigenvalue weighted by Crippen LogP contribution is 2.20. The molecule has 1 amide bonds. The van der Waals surface area contributed by atoms with Crippen molar-refractivity contribution in [1.29, 1.82) is 0 Å². The highest BCUT2D eigenvalue weighted by molar-refractivity contribution is 6.04. The maximum absolute atomic E-state index is 12.2. The van der Waals surface area contributed by atoms with Crippen LogP contribution in [0.15, 0.2) is 83.9 Å². The molecule has 24 heavy (non-hydrogen) atoms. The van der Waals surface area contributed by atoms with Gasteiger partial charge in [0.25, 0.3) is 5.91 Å². The summed E-state index contributed by atoms with van der Waals surface area (Å²) in [5.41, 5.74) is 2.58. The first-order chi connectivity index (χ1) is 11.7. The smallest absolute Gasteiger partial charge is 0.255 e. The van der Waals surface area contributed by atoms with E-state index in [1.54, 1.807) is 48.7 Å². The maximum Gasteiger partial charge on any atom is 0.255 e. The molecule has 2 N–H and O–H groups in total. The molecule has 118 valence electrons. The summed E-state index contributed by atoms with van der Waals surface area (Å²) < 4.78 is 0. The Morgan fingerprint density at radius 3 is 2.46 bits per heavy atom. The van der Waals surface area contributed by atoms with Crippen molar-refractivity contribution in [2.45, 2.75) is 0 Å². The van der Waals surface area contributed by atoms with Crippen LogP contribution in [0.5, 0.6) is 5.75 Å². The summed E-state index contributed by atoms with van der Waals surface area (Å²) in [5, 5.41) is 12.6. The van der Waals surface area contributed by atoms with Gasteiger partial charge in [-0.1, -0.05) is 36.4 Å². The molecule has 0 aromatic heterocycles. The summed E-state index contributed by atoms with van der Waals surface area (Å²) in [6.07, 6.45) is 1.59. The first kappa shape index (κ1) is 15.5. The van der Waals surface area contributed by atoms with Crippen LogP contribution in [0, 0.1) is 0 Å². The van der Waals surface area contributed by atoms with Crippen molar-refractivity contribution in [2.24, 2.45) is 4.99 Å². The number of aromatic hydroxyl groups is 1. The molecule has 0 fully saturated rings. The second-order valence-corrected chi connectivity index (χ2v) is 5.19. The van der Waals surface area contributed by atoms with Gasteiger partial charge in [0.2, 0.25) is 0 Å². The number of phenolic OH excluding ortho intramolecular Hbond substituents is 1. The van der Waals surface area contributed by atoms with E-state index in [4.69, 9.17) is 0 Å². The molecule has 0 radical (unpaired) electrons. The Hall–Kier alpha value is -3.40. The van der Waals surface area contributed by atoms with Crippen molar-refractivity contribution < 1.29 is 9.90 Å². The number of hydrogen-bond acceptors (Lipinski definition) is 3. The van der Waals surface area contributed by atoms with E-state index in [0.717, 1.165) is 0 Å². The van der Waals surface area contributed by atoms with Gasteiger partial charge >= 0.3 is 0 Å².